The summed E-state index contributed by atoms with van der Waals surface area (Å²) in [6.45, 7) is 1.72. The summed E-state index contributed by atoms with van der Waals surface area (Å²) in [5, 5.41) is 8.38. The topological polar surface area (TPSA) is 90.7 Å². The molecular weight excluding hydrogens is 202 g/mol. The molecule has 0 aliphatic rings. The van der Waals surface area contributed by atoms with Crippen LogP contribution >= 0.6 is 11.8 Å². The van der Waals surface area contributed by atoms with Gasteiger partial charge in [0.15, 0.2) is 5.16 Å². The van der Waals surface area contributed by atoms with E-state index in [0.717, 1.165) is 0 Å². The first kappa shape index (κ1) is 8.95. The summed E-state index contributed by atoms with van der Waals surface area (Å²) in [7, 11) is 0. The second-order valence-corrected chi connectivity index (χ2v) is 3.37. The number of nitrogens with two attached hydrogens (primary N) is 1. The van der Waals surface area contributed by atoms with Crippen molar-refractivity contribution < 1.29 is 4.42 Å². The molecule has 0 unspecified atom stereocenters. The fourth-order valence-corrected chi connectivity index (χ4v) is 1.47. The number of rotatable bonds is 2. The van der Waals surface area contributed by atoms with Crippen molar-refractivity contribution in [2.75, 3.05) is 5.73 Å². The summed E-state index contributed by atoms with van der Waals surface area (Å²) in [6, 6.07) is 1.61. The zero-order valence-corrected chi connectivity index (χ0v) is 8.15. The summed E-state index contributed by atoms with van der Waals surface area (Å²) in [4.78, 5) is 7.97. The Hall–Kier alpha value is -1.63. The number of aromatic nitrogens is 4. The summed E-state index contributed by atoms with van der Waals surface area (Å²) in [5.41, 5.74) is 5.49. The Morgan fingerprint density at radius 3 is 2.93 bits per heavy atom. The van der Waals surface area contributed by atoms with Crippen LogP contribution in [0.2, 0.25) is 0 Å². The van der Waals surface area contributed by atoms with E-state index in [-0.39, 0.29) is 0 Å². The van der Waals surface area contributed by atoms with E-state index >= 15 is 0 Å². The molecule has 0 aliphatic heterocycles. The zero-order valence-electron chi connectivity index (χ0n) is 7.34. The lowest BCUT2D eigenvalue weighted by Gasteiger charge is -1.94. The maximum atomic E-state index is 5.49. The van der Waals surface area contributed by atoms with E-state index in [4.69, 9.17) is 10.2 Å². The minimum atomic E-state index is 0.410. The summed E-state index contributed by atoms with van der Waals surface area (Å²) < 4.78 is 5.15. The van der Waals surface area contributed by atoms with Gasteiger partial charge < -0.3 is 10.2 Å². The van der Waals surface area contributed by atoms with Crippen LogP contribution in [0.3, 0.4) is 0 Å². The van der Waals surface area contributed by atoms with Gasteiger partial charge >= 0.3 is 0 Å². The first-order chi connectivity index (χ1) is 6.74. The van der Waals surface area contributed by atoms with Gasteiger partial charge in [0.05, 0.1) is 0 Å². The van der Waals surface area contributed by atoms with Crippen LogP contribution < -0.4 is 5.73 Å². The van der Waals surface area contributed by atoms with Crippen molar-refractivity contribution >= 4 is 17.6 Å². The predicted molar refractivity (Wildman–Crippen MR) is 49.6 cm³/mol. The molecule has 0 bridgehead atoms. The molecule has 0 spiro atoms. The Balaban J connectivity index is 2.18. The van der Waals surface area contributed by atoms with Crippen molar-refractivity contribution in [1.29, 1.82) is 0 Å². The molecule has 6 nitrogen and oxygen atoms in total. The summed E-state index contributed by atoms with van der Waals surface area (Å²) in [6.07, 6.45) is 1.58. The third-order valence-electron chi connectivity index (χ3n) is 1.34. The van der Waals surface area contributed by atoms with Crippen molar-refractivity contribution in [1.82, 2.24) is 20.2 Å². The largest absolute Gasteiger partial charge is 0.416 e. The SMILES string of the molecule is Cc1nnc(Sc2nccc(N)n2)o1. The van der Waals surface area contributed by atoms with E-state index in [1.54, 1.807) is 19.2 Å². The number of hydrogen-bond acceptors (Lipinski definition) is 7. The van der Waals surface area contributed by atoms with Crippen LogP contribution in [0.25, 0.3) is 0 Å². The van der Waals surface area contributed by atoms with Crippen LogP contribution in [0.5, 0.6) is 0 Å². The molecular formula is C7H7N5OS. The van der Waals surface area contributed by atoms with Crippen molar-refractivity contribution in [2.24, 2.45) is 0 Å². The van der Waals surface area contributed by atoms with E-state index in [2.05, 4.69) is 20.2 Å². The van der Waals surface area contributed by atoms with E-state index < -0.39 is 0 Å². The number of nitrogens with zero attached hydrogens (tertiary/aromatic N) is 4. The quantitative estimate of drug-likeness (QED) is 0.734. The molecule has 0 radical (unpaired) electrons. The molecule has 2 N–H and O–H groups in total. The van der Waals surface area contributed by atoms with Gasteiger partial charge in [0.25, 0.3) is 5.22 Å². The monoisotopic (exact) mass is 209 g/mol. The lowest BCUT2D eigenvalue weighted by atomic mass is 10.6. The van der Waals surface area contributed by atoms with Gasteiger partial charge in [0.1, 0.15) is 5.82 Å². The van der Waals surface area contributed by atoms with E-state index in [1.165, 1.54) is 11.8 Å². The molecule has 14 heavy (non-hydrogen) atoms. The molecule has 2 aromatic rings. The average Bonchev–Trinajstić information content (AvgIpc) is 2.51. The summed E-state index contributed by atoms with van der Waals surface area (Å²) >= 11 is 1.18. The first-order valence-electron chi connectivity index (χ1n) is 3.80. The van der Waals surface area contributed by atoms with Gasteiger partial charge in [0, 0.05) is 24.9 Å². The molecule has 0 fully saturated rings. The zero-order chi connectivity index (χ0) is 9.97. The fraction of sp³-hybridized carbons (Fsp3) is 0.143. The molecule has 0 atom stereocenters. The highest BCUT2D eigenvalue weighted by Crippen LogP contribution is 2.22. The number of nitrogen functional groups attached to an aromatic ring is 1. The lowest BCUT2D eigenvalue weighted by molar-refractivity contribution is 0.429. The Bertz CT molecular complexity index is 443. The summed E-state index contributed by atoms with van der Waals surface area (Å²) in [5.74, 6) is 0.926. The standard InChI is InChI=1S/C7H7N5OS/c1-4-11-12-7(13-4)14-6-9-3-2-5(8)10-6/h2-3H,1H3,(H2,8,9,10). The Morgan fingerprint density at radius 2 is 2.29 bits per heavy atom. The predicted octanol–water partition coefficient (Wildman–Crippen LogP) is 0.901. The molecule has 0 amide bonds. The van der Waals surface area contributed by atoms with Crippen LogP contribution in [-0.4, -0.2) is 20.2 Å². The van der Waals surface area contributed by atoms with Gasteiger partial charge in [0.2, 0.25) is 5.89 Å². The van der Waals surface area contributed by atoms with Gasteiger partial charge in [-0.1, -0.05) is 0 Å². The Kier molecular flexibility index (Phi) is 2.32. The molecule has 2 aromatic heterocycles. The molecule has 0 aromatic carbocycles. The number of anilines is 1. The van der Waals surface area contributed by atoms with E-state index in [1.807, 2.05) is 0 Å². The number of hydrogen-bond donors (Lipinski definition) is 1. The lowest BCUT2D eigenvalue weighted by Crippen LogP contribution is -1.92. The third-order valence-corrected chi connectivity index (χ3v) is 2.06. The molecule has 2 heterocycles. The van der Waals surface area contributed by atoms with Crippen molar-refractivity contribution in [2.45, 2.75) is 17.3 Å². The maximum Gasteiger partial charge on any atom is 0.284 e. The van der Waals surface area contributed by atoms with Crippen molar-refractivity contribution in [3.8, 4) is 0 Å². The molecule has 0 saturated heterocycles. The average molecular weight is 209 g/mol. The van der Waals surface area contributed by atoms with Gasteiger partial charge in [-0.15, -0.1) is 10.2 Å². The van der Waals surface area contributed by atoms with Gasteiger partial charge in [-0.05, 0) is 6.07 Å². The van der Waals surface area contributed by atoms with Crippen molar-refractivity contribution in [3.05, 3.63) is 18.2 Å². The third kappa shape index (κ3) is 1.99. The molecule has 0 aliphatic carbocycles. The Labute approximate surface area is 84.0 Å². The smallest absolute Gasteiger partial charge is 0.284 e. The maximum absolute atomic E-state index is 5.49. The molecule has 72 valence electrons. The van der Waals surface area contributed by atoms with Crippen LogP contribution in [-0.2, 0) is 0 Å². The normalized spacial score (nSPS) is 10.4. The second-order valence-electron chi connectivity index (χ2n) is 2.45. The molecule has 2 rings (SSSR count). The highest BCUT2D eigenvalue weighted by molar-refractivity contribution is 7.98. The highest BCUT2D eigenvalue weighted by atomic mass is 32.2. The second kappa shape index (κ2) is 3.62. The van der Waals surface area contributed by atoms with E-state index in [9.17, 15) is 0 Å². The number of aryl methyl sites for hydroxylation is 1. The highest BCUT2D eigenvalue weighted by Gasteiger charge is 2.06. The van der Waals surface area contributed by atoms with Gasteiger partial charge in [-0.2, -0.15) is 0 Å². The Morgan fingerprint density at radius 1 is 1.43 bits per heavy atom. The minimum absolute atomic E-state index is 0.410. The van der Waals surface area contributed by atoms with Crippen LogP contribution in [0, 0.1) is 6.92 Å². The van der Waals surface area contributed by atoms with Crippen LogP contribution in [0.4, 0.5) is 5.82 Å². The first-order valence-corrected chi connectivity index (χ1v) is 4.62. The fourth-order valence-electron chi connectivity index (χ4n) is 0.801. The van der Waals surface area contributed by atoms with E-state index in [0.29, 0.717) is 22.1 Å². The molecule has 0 saturated carbocycles. The molecule has 7 heteroatoms. The minimum Gasteiger partial charge on any atom is -0.416 e. The van der Waals surface area contributed by atoms with Crippen LogP contribution in [0.1, 0.15) is 5.89 Å². The van der Waals surface area contributed by atoms with Crippen LogP contribution in [0.15, 0.2) is 27.1 Å². The van der Waals surface area contributed by atoms with Gasteiger partial charge in [-0.3, -0.25) is 0 Å². The van der Waals surface area contributed by atoms with Crippen molar-refractivity contribution in [3.63, 3.8) is 0 Å². The van der Waals surface area contributed by atoms with Gasteiger partial charge in [-0.25, -0.2) is 9.97 Å².